The number of ether oxygens (including phenoxy) is 1. The average molecular weight is 420 g/mol. The summed E-state index contributed by atoms with van der Waals surface area (Å²) in [6, 6.07) is 14.2. The van der Waals surface area contributed by atoms with Crippen molar-refractivity contribution in [3.05, 3.63) is 70.5 Å². The van der Waals surface area contributed by atoms with E-state index in [1.165, 1.54) is 12.1 Å². The molecular formula is C22H27ClFN3O2. The summed E-state index contributed by atoms with van der Waals surface area (Å²) in [5.41, 5.74) is 1.96. The largest absolute Gasteiger partial charge is 0.383 e. The van der Waals surface area contributed by atoms with Gasteiger partial charge in [0.2, 0.25) is 5.91 Å². The van der Waals surface area contributed by atoms with Gasteiger partial charge in [-0.25, -0.2) is 4.39 Å². The molecule has 1 fully saturated rings. The minimum Gasteiger partial charge on any atom is -0.383 e. The molecule has 5 nitrogen and oxygen atoms in total. The van der Waals surface area contributed by atoms with Crippen molar-refractivity contribution in [2.75, 3.05) is 26.8 Å². The van der Waals surface area contributed by atoms with Crippen LogP contribution in [0.3, 0.4) is 0 Å². The predicted molar refractivity (Wildman–Crippen MR) is 112 cm³/mol. The highest BCUT2D eigenvalue weighted by Crippen LogP contribution is 2.22. The molecule has 0 spiro atoms. The van der Waals surface area contributed by atoms with Crippen LogP contribution in [-0.2, 0) is 22.6 Å². The lowest BCUT2D eigenvalue weighted by Gasteiger charge is -2.23. The van der Waals surface area contributed by atoms with Crippen LogP contribution in [0.2, 0.25) is 5.02 Å². The van der Waals surface area contributed by atoms with Gasteiger partial charge >= 0.3 is 0 Å². The fraction of sp³-hybridized carbons (Fsp3) is 0.409. The molecule has 0 radical (unpaired) electrons. The van der Waals surface area contributed by atoms with Gasteiger partial charge in [0.25, 0.3) is 0 Å². The summed E-state index contributed by atoms with van der Waals surface area (Å²) in [6.07, 6.45) is 0.689. The van der Waals surface area contributed by atoms with Crippen LogP contribution >= 0.6 is 11.6 Å². The van der Waals surface area contributed by atoms with Crippen LogP contribution in [0, 0.1) is 5.82 Å². The second-order valence-electron chi connectivity index (χ2n) is 7.30. The van der Waals surface area contributed by atoms with Gasteiger partial charge in [-0.3, -0.25) is 9.69 Å². The molecule has 7 heteroatoms. The molecule has 2 aromatic rings. The Labute approximate surface area is 176 Å². The molecule has 2 N–H and O–H groups in total. The normalized spacial score (nSPS) is 19.4. The number of likely N-dealkylation sites (tertiary alicyclic amines) is 1. The number of rotatable bonds is 9. The Morgan fingerprint density at radius 3 is 2.79 bits per heavy atom. The van der Waals surface area contributed by atoms with Crippen LogP contribution in [0.15, 0.2) is 48.5 Å². The van der Waals surface area contributed by atoms with Gasteiger partial charge in [-0.15, -0.1) is 0 Å². The molecule has 29 heavy (non-hydrogen) atoms. The molecule has 0 unspecified atom stereocenters. The SMILES string of the molecule is COCCNC(=O)[C@@H]1C[C@@H](NCc2cccc(F)c2)CN1Cc1cccc(Cl)c1. The molecule has 156 valence electrons. The Hall–Kier alpha value is -1.99. The fourth-order valence-electron chi connectivity index (χ4n) is 3.67. The lowest BCUT2D eigenvalue weighted by molar-refractivity contribution is -0.125. The molecular weight excluding hydrogens is 393 g/mol. The smallest absolute Gasteiger partial charge is 0.237 e. The Kier molecular flexibility index (Phi) is 8.00. The number of methoxy groups -OCH3 is 1. The van der Waals surface area contributed by atoms with E-state index in [9.17, 15) is 9.18 Å². The van der Waals surface area contributed by atoms with E-state index in [4.69, 9.17) is 16.3 Å². The third-order valence-electron chi connectivity index (χ3n) is 5.07. The van der Waals surface area contributed by atoms with Crippen LogP contribution in [0.1, 0.15) is 17.5 Å². The van der Waals surface area contributed by atoms with E-state index in [2.05, 4.69) is 15.5 Å². The first-order valence-corrected chi connectivity index (χ1v) is 10.2. The molecule has 2 atom stereocenters. The third kappa shape index (κ3) is 6.51. The standard InChI is InChI=1S/C22H27ClFN3O2/c1-29-9-8-25-22(28)21-12-20(26-13-16-4-3-7-19(24)11-16)15-27(21)14-17-5-2-6-18(23)10-17/h2-7,10-11,20-21,26H,8-9,12-15H2,1H3,(H,25,28)/t20-,21+/m1/s1. The van der Waals surface area contributed by atoms with Gasteiger partial charge in [-0.1, -0.05) is 35.9 Å². The van der Waals surface area contributed by atoms with Crippen molar-refractivity contribution in [1.82, 2.24) is 15.5 Å². The van der Waals surface area contributed by atoms with Crippen molar-refractivity contribution in [3.8, 4) is 0 Å². The van der Waals surface area contributed by atoms with Crippen molar-refractivity contribution >= 4 is 17.5 Å². The van der Waals surface area contributed by atoms with E-state index in [0.717, 1.165) is 17.7 Å². The van der Waals surface area contributed by atoms with Crippen molar-refractivity contribution < 1.29 is 13.9 Å². The van der Waals surface area contributed by atoms with Crippen molar-refractivity contribution in [1.29, 1.82) is 0 Å². The van der Waals surface area contributed by atoms with Crippen LogP contribution < -0.4 is 10.6 Å². The number of carbonyl (C=O) groups excluding carboxylic acids is 1. The molecule has 1 aliphatic heterocycles. The third-order valence-corrected chi connectivity index (χ3v) is 5.31. The maximum Gasteiger partial charge on any atom is 0.237 e. The summed E-state index contributed by atoms with van der Waals surface area (Å²) in [6.45, 7) is 2.89. The molecule has 3 rings (SSSR count). The molecule has 1 amide bonds. The molecule has 1 heterocycles. The zero-order valence-electron chi connectivity index (χ0n) is 16.5. The molecule has 0 aliphatic carbocycles. The lowest BCUT2D eigenvalue weighted by atomic mass is 10.1. The van der Waals surface area contributed by atoms with E-state index < -0.39 is 0 Å². The first-order valence-electron chi connectivity index (χ1n) is 9.78. The Bertz CT molecular complexity index is 820. The van der Waals surface area contributed by atoms with Crippen molar-refractivity contribution in [2.24, 2.45) is 0 Å². The lowest BCUT2D eigenvalue weighted by Crippen LogP contribution is -2.43. The molecule has 1 aliphatic rings. The van der Waals surface area contributed by atoms with E-state index in [-0.39, 0.29) is 23.8 Å². The first-order chi connectivity index (χ1) is 14.0. The molecule has 0 bridgehead atoms. The second-order valence-corrected chi connectivity index (χ2v) is 7.74. The monoisotopic (exact) mass is 419 g/mol. The number of benzene rings is 2. The van der Waals surface area contributed by atoms with Crippen LogP contribution in [0.25, 0.3) is 0 Å². The highest BCUT2D eigenvalue weighted by atomic mass is 35.5. The van der Waals surface area contributed by atoms with E-state index >= 15 is 0 Å². The number of amides is 1. The van der Waals surface area contributed by atoms with Crippen LogP contribution in [-0.4, -0.2) is 49.7 Å². The van der Waals surface area contributed by atoms with Gasteiger partial charge in [-0.05, 0) is 41.8 Å². The van der Waals surface area contributed by atoms with Crippen LogP contribution in [0.5, 0.6) is 0 Å². The van der Waals surface area contributed by atoms with Gasteiger partial charge in [0.1, 0.15) is 5.82 Å². The summed E-state index contributed by atoms with van der Waals surface area (Å²) < 4.78 is 18.4. The summed E-state index contributed by atoms with van der Waals surface area (Å²) >= 11 is 6.12. The molecule has 2 aromatic carbocycles. The molecule has 0 saturated carbocycles. The Balaban J connectivity index is 1.64. The van der Waals surface area contributed by atoms with Gasteiger partial charge in [0, 0.05) is 44.4 Å². The zero-order valence-corrected chi connectivity index (χ0v) is 17.3. The number of nitrogens with one attached hydrogen (secondary N) is 2. The van der Waals surface area contributed by atoms with E-state index in [1.54, 1.807) is 13.2 Å². The van der Waals surface area contributed by atoms with Crippen molar-refractivity contribution in [2.45, 2.75) is 31.6 Å². The number of nitrogens with zero attached hydrogens (tertiary/aromatic N) is 1. The maximum atomic E-state index is 13.4. The summed E-state index contributed by atoms with van der Waals surface area (Å²) in [7, 11) is 1.61. The minimum atomic E-state index is -0.242. The van der Waals surface area contributed by atoms with Crippen LogP contribution in [0.4, 0.5) is 4.39 Å². The van der Waals surface area contributed by atoms with Crippen molar-refractivity contribution in [3.63, 3.8) is 0 Å². The van der Waals surface area contributed by atoms with E-state index in [0.29, 0.717) is 37.7 Å². The number of halogens is 2. The number of hydrogen-bond acceptors (Lipinski definition) is 4. The first kappa shape index (κ1) is 21.7. The summed E-state index contributed by atoms with van der Waals surface area (Å²) in [5, 5.41) is 7.09. The maximum absolute atomic E-state index is 13.4. The highest BCUT2D eigenvalue weighted by Gasteiger charge is 2.36. The predicted octanol–water partition coefficient (Wildman–Crippen LogP) is 2.97. The average Bonchev–Trinajstić information content (AvgIpc) is 3.09. The topological polar surface area (TPSA) is 53.6 Å². The number of carbonyl (C=O) groups is 1. The second kappa shape index (κ2) is 10.7. The molecule has 1 saturated heterocycles. The van der Waals surface area contributed by atoms with Gasteiger partial charge in [-0.2, -0.15) is 0 Å². The minimum absolute atomic E-state index is 0.000802. The Morgan fingerprint density at radius 1 is 1.24 bits per heavy atom. The fourth-order valence-corrected chi connectivity index (χ4v) is 3.88. The molecule has 0 aromatic heterocycles. The summed E-state index contributed by atoms with van der Waals surface area (Å²) in [5.74, 6) is -0.243. The Morgan fingerprint density at radius 2 is 2.03 bits per heavy atom. The van der Waals surface area contributed by atoms with E-state index in [1.807, 2.05) is 30.3 Å². The van der Waals surface area contributed by atoms with Gasteiger partial charge < -0.3 is 15.4 Å². The highest BCUT2D eigenvalue weighted by molar-refractivity contribution is 6.30. The quantitative estimate of drug-likeness (QED) is 0.613. The summed E-state index contributed by atoms with van der Waals surface area (Å²) in [4.78, 5) is 14.9. The van der Waals surface area contributed by atoms with Gasteiger partial charge in [0.05, 0.1) is 12.6 Å². The van der Waals surface area contributed by atoms with Gasteiger partial charge in [0.15, 0.2) is 0 Å². The zero-order chi connectivity index (χ0) is 20.6. The number of hydrogen-bond donors (Lipinski definition) is 2.